The second-order valence-corrected chi connectivity index (χ2v) is 4.55. The number of hydrogen-bond acceptors (Lipinski definition) is 2. The minimum atomic E-state index is -0.152. The van der Waals surface area contributed by atoms with E-state index in [4.69, 9.17) is 0 Å². The van der Waals surface area contributed by atoms with E-state index in [9.17, 15) is 4.39 Å². The molecule has 0 fully saturated rings. The summed E-state index contributed by atoms with van der Waals surface area (Å²) in [6.07, 6.45) is 0.971. The van der Waals surface area contributed by atoms with Crippen LogP contribution < -0.4 is 5.32 Å². The second kappa shape index (κ2) is 5.12. The van der Waals surface area contributed by atoms with Crippen LogP contribution >= 0.6 is 11.3 Å². The highest BCUT2D eigenvalue weighted by atomic mass is 32.1. The maximum Gasteiger partial charge on any atom is 0.128 e. The Balaban J connectivity index is 1.87. The third-order valence-electron chi connectivity index (χ3n) is 2.49. The molecule has 1 N–H and O–H groups in total. The number of anilines is 1. The summed E-state index contributed by atoms with van der Waals surface area (Å²) in [6.45, 7) is 2.60. The van der Waals surface area contributed by atoms with Crippen molar-refractivity contribution in [3.05, 3.63) is 52.0 Å². The number of nitrogens with one attached hydrogen (secondary N) is 1. The molecule has 1 aromatic heterocycles. The molecule has 0 atom stereocenters. The van der Waals surface area contributed by atoms with Gasteiger partial charge in [0.25, 0.3) is 0 Å². The first kappa shape index (κ1) is 11.1. The number of halogens is 1. The van der Waals surface area contributed by atoms with Gasteiger partial charge in [-0.2, -0.15) is 11.3 Å². The minimum Gasteiger partial charge on any atom is -0.385 e. The van der Waals surface area contributed by atoms with Crippen LogP contribution in [0.15, 0.2) is 35.0 Å². The van der Waals surface area contributed by atoms with Gasteiger partial charge in [-0.3, -0.25) is 0 Å². The van der Waals surface area contributed by atoms with E-state index in [1.165, 1.54) is 5.56 Å². The van der Waals surface area contributed by atoms with Gasteiger partial charge < -0.3 is 5.32 Å². The fourth-order valence-corrected chi connectivity index (χ4v) is 2.19. The van der Waals surface area contributed by atoms with Gasteiger partial charge in [0.2, 0.25) is 0 Å². The van der Waals surface area contributed by atoms with Gasteiger partial charge in [-0.15, -0.1) is 0 Å². The van der Waals surface area contributed by atoms with Crippen LogP contribution in [0, 0.1) is 12.7 Å². The largest absolute Gasteiger partial charge is 0.385 e. The number of aryl methyl sites for hydroxylation is 1. The fourth-order valence-electron chi connectivity index (χ4n) is 1.49. The summed E-state index contributed by atoms with van der Waals surface area (Å²) in [5.74, 6) is -0.152. The highest BCUT2D eigenvalue weighted by molar-refractivity contribution is 7.07. The smallest absolute Gasteiger partial charge is 0.128 e. The molecule has 2 rings (SSSR count). The van der Waals surface area contributed by atoms with Crippen molar-refractivity contribution in [1.82, 2.24) is 0 Å². The molecule has 0 radical (unpaired) electrons. The Morgan fingerprint density at radius 1 is 1.31 bits per heavy atom. The lowest BCUT2D eigenvalue weighted by atomic mass is 10.2. The van der Waals surface area contributed by atoms with Gasteiger partial charge in [0.15, 0.2) is 0 Å². The average molecular weight is 235 g/mol. The maximum atomic E-state index is 13.2. The van der Waals surface area contributed by atoms with Crippen molar-refractivity contribution in [3.63, 3.8) is 0 Å². The zero-order chi connectivity index (χ0) is 11.4. The molecule has 0 unspecified atom stereocenters. The number of hydrogen-bond donors (Lipinski definition) is 1. The predicted molar refractivity (Wildman–Crippen MR) is 67.6 cm³/mol. The lowest BCUT2D eigenvalue weighted by Gasteiger charge is -2.06. The van der Waals surface area contributed by atoms with Crippen LogP contribution in [0.5, 0.6) is 0 Å². The Kier molecular flexibility index (Phi) is 3.57. The van der Waals surface area contributed by atoms with Gasteiger partial charge in [-0.25, -0.2) is 4.39 Å². The first-order valence-corrected chi connectivity index (χ1v) is 6.21. The molecule has 0 bridgehead atoms. The normalized spacial score (nSPS) is 10.4. The minimum absolute atomic E-state index is 0.152. The Morgan fingerprint density at radius 2 is 2.19 bits per heavy atom. The second-order valence-electron chi connectivity index (χ2n) is 3.77. The van der Waals surface area contributed by atoms with Crippen LogP contribution in [0.2, 0.25) is 0 Å². The molecule has 84 valence electrons. The molecular formula is C13H14FNS. The maximum absolute atomic E-state index is 13.2. The van der Waals surface area contributed by atoms with Crippen LogP contribution in [0.3, 0.4) is 0 Å². The Labute approximate surface area is 98.9 Å². The van der Waals surface area contributed by atoms with Crippen molar-refractivity contribution in [3.8, 4) is 0 Å². The summed E-state index contributed by atoms with van der Waals surface area (Å²) in [5.41, 5.74) is 2.85. The molecular weight excluding hydrogens is 221 g/mol. The van der Waals surface area contributed by atoms with Crippen LogP contribution in [0.25, 0.3) is 0 Å². The monoisotopic (exact) mass is 235 g/mol. The van der Waals surface area contributed by atoms with Gasteiger partial charge in [0.05, 0.1) is 0 Å². The molecule has 1 nitrogen and oxygen atoms in total. The SMILES string of the molecule is Cc1ccc(NCCc2ccsc2)cc1F. The highest BCUT2D eigenvalue weighted by Gasteiger charge is 1.99. The predicted octanol–water partition coefficient (Wildman–Crippen LogP) is 3.85. The van der Waals surface area contributed by atoms with E-state index in [0.717, 1.165) is 18.7 Å². The zero-order valence-electron chi connectivity index (χ0n) is 9.16. The van der Waals surface area contributed by atoms with Crippen molar-refractivity contribution in [2.24, 2.45) is 0 Å². The van der Waals surface area contributed by atoms with Crippen molar-refractivity contribution in [1.29, 1.82) is 0 Å². The van der Waals surface area contributed by atoms with E-state index < -0.39 is 0 Å². The summed E-state index contributed by atoms with van der Waals surface area (Å²) >= 11 is 1.70. The quantitative estimate of drug-likeness (QED) is 0.848. The molecule has 0 aliphatic rings. The number of benzene rings is 1. The van der Waals surface area contributed by atoms with Crippen molar-refractivity contribution >= 4 is 17.0 Å². The molecule has 0 aliphatic carbocycles. The van der Waals surface area contributed by atoms with Crippen LogP contribution in [0.1, 0.15) is 11.1 Å². The van der Waals surface area contributed by atoms with Crippen LogP contribution in [-0.2, 0) is 6.42 Å². The molecule has 0 aliphatic heterocycles. The van der Waals surface area contributed by atoms with Gasteiger partial charge in [0, 0.05) is 12.2 Å². The van der Waals surface area contributed by atoms with Gasteiger partial charge in [-0.1, -0.05) is 6.07 Å². The molecule has 3 heteroatoms. The summed E-state index contributed by atoms with van der Waals surface area (Å²) in [6, 6.07) is 7.36. The molecule has 16 heavy (non-hydrogen) atoms. The third-order valence-corrected chi connectivity index (χ3v) is 3.23. The number of rotatable bonds is 4. The Morgan fingerprint density at radius 3 is 2.88 bits per heavy atom. The Bertz CT molecular complexity index is 451. The van der Waals surface area contributed by atoms with E-state index in [1.54, 1.807) is 30.4 Å². The van der Waals surface area contributed by atoms with Crippen molar-refractivity contribution < 1.29 is 4.39 Å². The van der Waals surface area contributed by atoms with E-state index >= 15 is 0 Å². The molecule has 0 spiro atoms. The summed E-state index contributed by atoms with van der Waals surface area (Å²) in [4.78, 5) is 0. The topological polar surface area (TPSA) is 12.0 Å². The first-order valence-electron chi connectivity index (χ1n) is 5.27. The van der Waals surface area contributed by atoms with Gasteiger partial charge >= 0.3 is 0 Å². The van der Waals surface area contributed by atoms with Crippen LogP contribution in [-0.4, -0.2) is 6.54 Å². The molecule has 2 aromatic rings. The van der Waals surface area contributed by atoms with E-state index in [2.05, 4.69) is 22.1 Å². The van der Waals surface area contributed by atoms with E-state index in [1.807, 2.05) is 6.07 Å². The summed E-state index contributed by atoms with van der Waals surface area (Å²) < 4.78 is 13.2. The van der Waals surface area contributed by atoms with Crippen molar-refractivity contribution in [2.45, 2.75) is 13.3 Å². The molecule has 0 amide bonds. The van der Waals surface area contributed by atoms with E-state index in [-0.39, 0.29) is 5.82 Å². The average Bonchev–Trinajstić information content (AvgIpc) is 2.76. The zero-order valence-corrected chi connectivity index (χ0v) is 9.98. The van der Waals surface area contributed by atoms with Crippen molar-refractivity contribution in [2.75, 3.05) is 11.9 Å². The summed E-state index contributed by atoms with van der Waals surface area (Å²) in [7, 11) is 0. The lowest BCUT2D eigenvalue weighted by molar-refractivity contribution is 0.619. The summed E-state index contributed by atoms with van der Waals surface area (Å²) in [5, 5.41) is 7.42. The standard InChI is InChI=1S/C13H14FNS/c1-10-2-3-12(8-13(10)14)15-6-4-11-5-7-16-9-11/h2-3,5,7-9,15H,4,6H2,1H3. The number of thiophene rings is 1. The highest BCUT2D eigenvalue weighted by Crippen LogP contribution is 2.14. The first-order chi connectivity index (χ1) is 7.75. The Hall–Kier alpha value is -1.35. The molecule has 1 aromatic carbocycles. The fraction of sp³-hybridized carbons (Fsp3) is 0.231. The van der Waals surface area contributed by atoms with Crippen LogP contribution in [0.4, 0.5) is 10.1 Å². The lowest BCUT2D eigenvalue weighted by Crippen LogP contribution is -2.04. The molecule has 0 saturated carbocycles. The molecule has 0 saturated heterocycles. The van der Waals surface area contributed by atoms with Gasteiger partial charge in [0.1, 0.15) is 5.82 Å². The molecule has 1 heterocycles. The third kappa shape index (κ3) is 2.83. The van der Waals surface area contributed by atoms with E-state index in [0.29, 0.717) is 5.56 Å². The van der Waals surface area contributed by atoms with Gasteiger partial charge in [-0.05, 0) is 53.4 Å².